The lowest BCUT2D eigenvalue weighted by Gasteiger charge is -2.10. The number of hydrogen-bond donors (Lipinski definition) is 0. The first-order valence-corrected chi connectivity index (χ1v) is 7.93. The van der Waals surface area contributed by atoms with Crippen molar-refractivity contribution >= 4 is 0 Å². The fraction of sp³-hybridized carbons (Fsp3) is 0.421. The van der Waals surface area contributed by atoms with Crippen LogP contribution in [0.3, 0.4) is 0 Å². The molecule has 0 spiro atoms. The molecule has 0 radical (unpaired) electrons. The van der Waals surface area contributed by atoms with Crippen LogP contribution in [0.5, 0.6) is 0 Å². The minimum Gasteiger partial charge on any atom is -0.257 e. The van der Waals surface area contributed by atoms with Crippen LogP contribution in [0.2, 0.25) is 0 Å². The van der Waals surface area contributed by atoms with Crippen molar-refractivity contribution in [2.45, 2.75) is 49.9 Å². The van der Waals surface area contributed by atoms with Crippen LogP contribution in [0.25, 0.3) is 0 Å². The van der Waals surface area contributed by atoms with Crippen LogP contribution >= 0.6 is 0 Å². The predicted octanol–water partition coefficient (Wildman–Crippen LogP) is 5.01. The first kappa shape index (κ1) is 12.1. The lowest BCUT2D eigenvalue weighted by molar-refractivity contribution is 0.690. The van der Waals surface area contributed by atoms with E-state index in [9.17, 15) is 0 Å². The fourth-order valence-corrected chi connectivity index (χ4v) is 3.71. The van der Waals surface area contributed by atoms with Crippen LogP contribution in [0.1, 0.15) is 66.8 Å². The summed E-state index contributed by atoms with van der Waals surface area (Å²) >= 11 is 0. The second-order valence-electron chi connectivity index (χ2n) is 6.33. The number of pyridine rings is 1. The Balaban J connectivity index is 1.54. The first-order chi connectivity index (χ1) is 9.92. The topological polar surface area (TPSA) is 12.9 Å². The van der Waals surface area contributed by atoms with Gasteiger partial charge in [-0.15, -0.1) is 0 Å². The number of hydrogen-bond acceptors (Lipinski definition) is 1. The zero-order valence-electron chi connectivity index (χ0n) is 11.8. The van der Waals surface area contributed by atoms with Gasteiger partial charge in [0.1, 0.15) is 0 Å². The predicted molar refractivity (Wildman–Crippen MR) is 82.0 cm³/mol. The fourth-order valence-electron chi connectivity index (χ4n) is 3.71. The zero-order chi connectivity index (χ0) is 13.4. The van der Waals surface area contributed by atoms with Crippen molar-refractivity contribution in [1.29, 1.82) is 0 Å². The molecule has 0 saturated heterocycles. The molecule has 2 aliphatic rings. The van der Waals surface area contributed by atoms with Gasteiger partial charge in [0.05, 0.1) is 0 Å². The molecule has 0 bridgehead atoms. The Morgan fingerprint density at radius 2 is 1.50 bits per heavy atom. The van der Waals surface area contributed by atoms with E-state index < -0.39 is 0 Å². The highest BCUT2D eigenvalue weighted by molar-refractivity contribution is 5.34. The van der Waals surface area contributed by atoms with Gasteiger partial charge in [-0.1, -0.05) is 49.2 Å². The van der Waals surface area contributed by atoms with E-state index >= 15 is 0 Å². The Bertz CT molecular complexity index is 584. The van der Waals surface area contributed by atoms with Gasteiger partial charge in [0, 0.05) is 23.2 Å². The van der Waals surface area contributed by atoms with Crippen molar-refractivity contribution < 1.29 is 0 Å². The van der Waals surface area contributed by atoms with Gasteiger partial charge in [-0.2, -0.15) is 0 Å². The zero-order valence-corrected chi connectivity index (χ0v) is 11.8. The smallest absolute Gasteiger partial charge is 0.0444 e. The second kappa shape index (κ2) is 5.05. The first-order valence-electron chi connectivity index (χ1n) is 7.93. The van der Waals surface area contributed by atoms with Gasteiger partial charge in [0.25, 0.3) is 0 Å². The van der Waals surface area contributed by atoms with Crippen molar-refractivity contribution in [2.24, 2.45) is 0 Å². The Hall–Kier alpha value is -1.63. The molecule has 2 fully saturated rings. The van der Waals surface area contributed by atoms with Crippen LogP contribution in [0.15, 0.2) is 48.5 Å². The molecule has 102 valence electrons. The normalized spacial score (nSPS) is 25.8. The van der Waals surface area contributed by atoms with Gasteiger partial charge in [-0.05, 0) is 42.9 Å². The molecule has 20 heavy (non-hydrogen) atoms. The summed E-state index contributed by atoms with van der Waals surface area (Å²) in [6.07, 6.45) is 6.71. The minimum atomic E-state index is 0.652. The van der Waals surface area contributed by atoms with Crippen molar-refractivity contribution in [1.82, 2.24) is 4.98 Å². The van der Waals surface area contributed by atoms with Gasteiger partial charge in [-0.25, -0.2) is 0 Å². The SMILES string of the molecule is c1ccc(C2CC2c2cccc(C3CCCC3)n2)cc1. The molecule has 4 rings (SSSR count). The Labute approximate surface area is 121 Å². The molecule has 0 N–H and O–H groups in total. The molecule has 2 saturated carbocycles. The maximum absolute atomic E-state index is 4.99. The summed E-state index contributed by atoms with van der Waals surface area (Å²) in [6, 6.07) is 17.6. The molecule has 1 heterocycles. The lowest BCUT2D eigenvalue weighted by atomic mass is 10.0. The molecule has 2 unspecified atom stereocenters. The van der Waals surface area contributed by atoms with E-state index in [2.05, 4.69) is 48.5 Å². The highest BCUT2D eigenvalue weighted by Crippen LogP contribution is 2.54. The van der Waals surface area contributed by atoms with Gasteiger partial charge in [-0.3, -0.25) is 4.98 Å². The highest BCUT2D eigenvalue weighted by Gasteiger charge is 2.40. The summed E-state index contributed by atoms with van der Waals surface area (Å²) in [5.74, 6) is 2.07. The third kappa shape index (κ3) is 2.26. The Morgan fingerprint density at radius 3 is 2.30 bits per heavy atom. The molecule has 1 aromatic carbocycles. The van der Waals surface area contributed by atoms with E-state index in [0.717, 1.165) is 5.92 Å². The molecule has 1 heteroatoms. The summed E-state index contributed by atoms with van der Waals surface area (Å²) in [5.41, 5.74) is 4.15. The summed E-state index contributed by atoms with van der Waals surface area (Å²) in [6.45, 7) is 0. The summed E-state index contributed by atoms with van der Waals surface area (Å²) in [5, 5.41) is 0. The third-order valence-corrected chi connectivity index (χ3v) is 4.96. The van der Waals surface area contributed by atoms with Crippen LogP contribution in [0.4, 0.5) is 0 Å². The van der Waals surface area contributed by atoms with Crippen molar-refractivity contribution in [3.63, 3.8) is 0 Å². The molecule has 2 aromatic rings. The van der Waals surface area contributed by atoms with Crippen molar-refractivity contribution in [3.8, 4) is 0 Å². The molecular weight excluding hydrogens is 242 g/mol. The van der Waals surface area contributed by atoms with Crippen molar-refractivity contribution in [3.05, 3.63) is 65.5 Å². The average Bonchev–Trinajstić information content (AvgIpc) is 3.13. The average molecular weight is 263 g/mol. The van der Waals surface area contributed by atoms with Crippen molar-refractivity contribution in [2.75, 3.05) is 0 Å². The van der Waals surface area contributed by atoms with Crippen LogP contribution in [0, 0.1) is 0 Å². The monoisotopic (exact) mass is 263 g/mol. The third-order valence-electron chi connectivity index (χ3n) is 4.96. The van der Waals surface area contributed by atoms with Gasteiger partial charge >= 0.3 is 0 Å². The summed E-state index contributed by atoms with van der Waals surface area (Å²) in [7, 11) is 0. The van der Waals surface area contributed by atoms with E-state index in [1.54, 1.807) is 0 Å². The minimum absolute atomic E-state index is 0.652. The van der Waals surface area contributed by atoms with E-state index in [4.69, 9.17) is 4.98 Å². The summed E-state index contributed by atoms with van der Waals surface area (Å²) in [4.78, 5) is 4.99. The Morgan fingerprint density at radius 1 is 0.750 bits per heavy atom. The summed E-state index contributed by atoms with van der Waals surface area (Å²) < 4.78 is 0. The quantitative estimate of drug-likeness (QED) is 0.758. The molecular formula is C19H21N. The molecule has 1 aromatic heterocycles. The number of nitrogens with zero attached hydrogens (tertiary/aromatic N) is 1. The molecule has 1 nitrogen and oxygen atoms in total. The van der Waals surface area contributed by atoms with E-state index in [-0.39, 0.29) is 0 Å². The lowest BCUT2D eigenvalue weighted by Crippen LogP contribution is -1.99. The van der Waals surface area contributed by atoms with E-state index in [0.29, 0.717) is 11.8 Å². The Kier molecular flexibility index (Phi) is 3.06. The van der Waals surface area contributed by atoms with Crippen LogP contribution in [-0.2, 0) is 0 Å². The molecule has 0 amide bonds. The number of aromatic nitrogens is 1. The highest BCUT2D eigenvalue weighted by atomic mass is 14.8. The molecule has 2 aliphatic carbocycles. The largest absolute Gasteiger partial charge is 0.257 e. The van der Waals surface area contributed by atoms with E-state index in [1.165, 1.54) is 49.1 Å². The van der Waals surface area contributed by atoms with Gasteiger partial charge in [0.15, 0.2) is 0 Å². The van der Waals surface area contributed by atoms with Crippen LogP contribution < -0.4 is 0 Å². The van der Waals surface area contributed by atoms with Crippen LogP contribution in [-0.4, -0.2) is 4.98 Å². The van der Waals surface area contributed by atoms with Gasteiger partial charge < -0.3 is 0 Å². The van der Waals surface area contributed by atoms with Gasteiger partial charge in [0.2, 0.25) is 0 Å². The second-order valence-corrected chi connectivity index (χ2v) is 6.33. The molecule has 0 aliphatic heterocycles. The maximum Gasteiger partial charge on any atom is 0.0444 e. The maximum atomic E-state index is 4.99. The molecule has 2 atom stereocenters. The number of rotatable bonds is 3. The van der Waals surface area contributed by atoms with E-state index in [1.807, 2.05) is 0 Å². The number of benzene rings is 1. The standard InChI is InChI=1S/C19H21N/c1-2-7-14(8-3-1)16-13-17(16)19-12-6-11-18(20-19)15-9-4-5-10-15/h1-3,6-8,11-12,15-17H,4-5,9-10,13H2.